The molecule has 0 spiro atoms. The first-order valence-electron chi connectivity index (χ1n) is 5.24. The van der Waals surface area contributed by atoms with Crippen LogP contribution in [0.5, 0.6) is 0 Å². The van der Waals surface area contributed by atoms with Gasteiger partial charge in [0, 0.05) is 13.1 Å². The number of rotatable bonds is 6. The van der Waals surface area contributed by atoms with Gasteiger partial charge >= 0.3 is 0 Å². The molecule has 1 rings (SSSR count). The molecular formula is C10H16N4OS. The van der Waals surface area contributed by atoms with E-state index in [0.717, 1.165) is 30.1 Å². The molecule has 16 heavy (non-hydrogen) atoms. The van der Waals surface area contributed by atoms with E-state index in [1.807, 2.05) is 13.0 Å². The van der Waals surface area contributed by atoms with E-state index >= 15 is 0 Å². The van der Waals surface area contributed by atoms with E-state index in [-0.39, 0.29) is 5.91 Å². The third-order valence-corrected chi connectivity index (χ3v) is 2.70. The molecule has 6 heteroatoms. The summed E-state index contributed by atoms with van der Waals surface area (Å²) in [4.78, 5) is 12.3. The molecule has 0 saturated heterocycles. The summed E-state index contributed by atoms with van der Waals surface area (Å²) in [6.07, 6.45) is 5.38. The molecule has 0 unspecified atom stereocenters. The van der Waals surface area contributed by atoms with Crippen molar-refractivity contribution in [1.29, 1.82) is 0 Å². The number of hydrogen-bond donors (Lipinski definition) is 2. The van der Waals surface area contributed by atoms with E-state index in [4.69, 9.17) is 5.73 Å². The Bertz CT molecular complexity index is 361. The van der Waals surface area contributed by atoms with Crippen LogP contribution in [0, 0.1) is 0 Å². The van der Waals surface area contributed by atoms with Crippen LogP contribution in [0.3, 0.4) is 0 Å². The van der Waals surface area contributed by atoms with Crippen LogP contribution in [0.1, 0.15) is 28.7 Å². The fourth-order valence-corrected chi connectivity index (χ4v) is 1.82. The molecule has 0 aliphatic carbocycles. The number of carbonyl (C=O) groups excluding carboxylic acids is 1. The molecule has 1 heterocycles. The lowest BCUT2D eigenvalue weighted by Gasteiger charge is -2.00. The molecule has 0 atom stereocenters. The molecule has 3 N–H and O–H groups in total. The Balaban J connectivity index is 2.52. The molecule has 0 saturated carbocycles. The molecule has 0 aliphatic heterocycles. The molecule has 5 nitrogen and oxygen atoms in total. The molecule has 0 aliphatic rings. The molecule has 0 aromatic carbocycles. The molecule has 0 bridgehead atoms. The average Bonchev–Trinajstić information content (AvgIpc) is 2.73. The van der Waals surface area contributed by atoms with Crippen LogP contribution in [0.2, 0.25) is 0 Å². The van der Waals surface area contributed by atoms with E-state index in [1.165, 1.54) is 0 Å². The van der Waals surface area contributed by atoms with Gasteiger partial charge < -0.3 is 11.1 Å². The van der Waals surface area contributed by atoms with Crippen molar-refractivity contribution in [1.82, 2.24) is 14.9 Å². The highest BCUT2D eigenvalue weighted by Gasteiger charge is 2.14. The second-order valence-electron chi connectivity index (χ2n) is 3.22. The van der Waals surface area contributed by atoms with Gasteiger partial charge in [-0.15, -0.1) is 5.10 Å². The maximum Gasteiger partial charge on any atom is 0.265 e. The van der Waals surface area contributed by atoms with Gasteiger partial charge in [-0.2, -0.15) is 0 Å². The van der Waals surface area contributed by atoms with Gasteiger partial charge in [0.1, 0.15) is 4.88 Å². The predicted octanol–water partition coefficient (Wildman–Crippen LogP) is 0.735. The van der Waals surface area contributed by atoms with Crippen molar-refractivity contribution in [2.24, 2.45) is 5.73 Å². The van der Waals surface area contributed by atoms with Gasteiger partial charge in [-0.3, -0.25) is 4.79 Å². The lowest BCUT2D eigenvalue weighted by atomic mass is 10.2. The first kappa shape index (κ1) is 12.8. The largest absolute Gasteiger partial charge is 0.348 e. The minimum absolute atomic E-state index is 0.111. The number of aromatic nitrogens is 2. The summed E-state index contributed by atoms with van der Waals surface area (Å²) in [7, 11) is 0. The molecule has 1 amide bonds. The SMILES string of the molecule is CCCc1nnsc1C(=O)NC/C=C/CN. The van der Waals surface area contributed by atoms with Gasteiger partial charge in [-0.25, -0.2) is 0 Å². The highest BCUT2D eigenvalue weighted by atomic mass is 32.1. The van der Waals surface area contributed by atoms with Crippen molar-refractivity contribution in [3.05, 3.63) is 22.7 Å². The molecule has 1 aromatic rings. The van der Waals surface area contributed by atoms with Crippen LogP contribution in [-0.4, -0.2) is 28.6 Å². The summed E-state index contributed by atoms with van der Waals surface area (Å²) in [5.41, 5.74) is 6.07. The zero-order valence-electron chi connectivity index (χ0n) is 9.27. The quantitative estimate of drug-likeness (QED) is 0.718. The maximum absolute atomic E-state index is 11.7. The van der Waals surface area contributed by atoms with Crippen LogP contribution in [0.25, 0.3) is 0 Å². The normalized spacial score (nSPS) is 10.9. The Kier molecular flexibility index (Phi) is 5.66. The van der Waals surface area contributed by atoms with Crippen molar-refractivity contribution < 1.29 is 4.79 Å². The van der Waals surface area contributed by atoms with Crippen LogP contribution in [0.4, 0.5) is 0 Å². The van der Waals surface area contributed by atoms with E-state index in [0.29, 0.717) is 18.0 Å². The van der Waals surface area contributed by atoms with Gasteiger partial charge in [-0.1, -0.05) is 30.0 Å². The Morgan fingerprint density at radius 1 is 1.56 bits per heavy atom. The van der Waals surface area contributed by atoms with Crippen molar-refractivity contribution in [3.63, 3.8) is 0 Å². The number of amides is 1. The van der Waals surface area contributed by atoms with Crippen molar-refractivity contribution in [2.75, 3.05) is 13.1 Å². The Hall–Kier alpha value is -1.27. The zero-order valence-corrected chi connectivity index (χ0v) is 10.1. The second-order valence-corrected chi connectivity index (χ2v) is 3.97. The van der Waals surface area contributed by atoms with Crippen LogP contribution in [-0.2, 0) is 6.42 Å². The third-order valence-electron chi connectivity index (χ3n) is 1.93. The summed E-state index contributed by atoms with van der Waals surface area (Å²) in [5, 5.41) is 6.71. The van der Waals surface area contributed by atoms with Crippen molar-refractivity contribution >= 4 is 17.4 Å². The number of nitrogens with zero attached hydrogens (tertiary/aromatic N) is 2. The highest BCUT2D eigenvalue weighted by molar-refractivity contribution is 7.08. The minimum atomic E-state index is -0.111. The summed E-state index contributed by atoms with van der Waals surface area (Å²) in [6, 6.07) is 0. The summed E-state index contributed by atoms with van der Waals surface area (Å²) >= 11 is 1.14. The minimum Gasteiger partial charge on any atom is -0.348 e. The summed E-state index contributed by atoms with van der Waals surface area (Å²) < 4.78 is 3.80. The number of carbonyl (C=O) groups is 1. The number of hydrogen-bond acceptors (Lipinski definition) is 5. The Labute approximate surface area is 98.9 Å². The lowest BCUT2D eigenvalue weighted by molar-refractivity contribution is 0.0961. The zero-order chi connectivity index (χ0) is 11.8. The topological polar surface area (TPSA) is 80.9 Å². The van der Waals surface area contributed by atoms with Gasteiger partial charge in [0.05, 0.1) is 5.69 Å². The average molecular weight is 240 g/mol. The second kappa shape index (κ2) is 7.08. The molecule has 1 aromatic heterocycles. The Morgan fingerprint density at radius 2 is 2.38 bits per heavy atom. The molecule has 0 fully saturated rings. The van der Waals surface area contributed by atoms with Crippen molar-refractivity contribution in [3.8, 4) is 0 Å². The fourth-order valence-electron chi connectivity index (χ4n) is 1.19. The summed E-state index contributed by atoms with van der Waals surface area (Å²) in [5.74, 6) is -0.111. The number of nitrogens with one attached hydrogen (secondary N) is 1. The predicted molar refractivity (Wildman–Crippen MR) is 64.4 cm³/mol. The van der Waals surface area contributed by atoms with Crippen molar-refractivity contribution in [2.45, 2.75) is 19.8 Å². The Morgan fingerprint density at radius 3 is 3.06 bits per heavy atom. The first-order valence-corrected chi connectivity index (χ1v) is 6.01. The van der Waals surface area contributed by atoms with Gasteiger partial charge in [0.15, 0.2) is 0 Å². The fraction of sp³-hybridized carbons (Fsp3) is 0.500. The molecular weight excluding hydrogens is 224 g/mol. The monoisotopic (exact) mass is 240 g/mol. The van der Waals surface area contributed by atoms with E-state index < -0.39 is 0 Å². The maximum atomic E-state index is 11.7. The first-order chi connectivity index (χ1) is 7.79. The van der Waals surface area contributed by atoms with Crippen LogP contribution < -0.4 is 11.1 Å². The van der Waals surface area contributed by atoms with E-state index in [1.54, 1.807) is 6.08 Å². The van der Waals surface area contributed by atoms with Gasteiger partial charge in [0.2, 0.25) is 0 Å². The van der Waals surface area contributed by atoms with Gasteiger partial charge in [-0.05, 0) is 18.0 Å². The number of aryl methyl sites for hydroxylation is 1. The van der Waals surface area contributed by atoms with Gasteiger partial charge in [0.25, 0.3) is 5.91 Å². The van der Waals surface area contributed by atoms with E-state index in [9.17, 15) is 4.79 Å². The lowest BCUT2D eigenvalue weighted by Crippen LogP contribution is -2.23. The smallest absolute Gasteiger partial charge is 0.265 e. The standard InChI is InChI=1S/C10H16N4OS/c1-2-5-8-9(16-14-13-8)10(15)12-7-4-3-6-11/h3-4H,2,5-7,11H2,1H3,(H,12,15)/b4-3+. The van der Waals surface area contributed by atoms with Crippen LogP contribution >= 0.6 is 11.5 Å². The van der Waals surface area contributed by atoms with Crippen LogP contribution in [0.15, 0.2) is 12.2 Å². The number of nitrogens with two attached hydrogens (primary N) is 1. The van der Waals surface area contributed by atoms with E-state index in [2.05, 4.69) is 14.9 Å². The molecule has 0 radical (unpaired) electrons. The third kappa shape index (κ3) is 3.71. The summed E-state index contributed by atoms with van der Waals surface area (Å²) in [6.45, 7) is 3.02. The highest BCUT2D eigenvalue weighted by Crippen LogP contribution is 2.11. The molecule has 88 valence electrons.